The molecule has 2 aromatic carbocycles. The third-order valence-electron chi connectivity index (χ3n) is 3.66. The van der Waals surface area contributed by atoms with Crippen LogP contribution in [0.25, 0.3) is 11.1 Å². The number of benzene rings is 2. The minimum absolute atomic E-state index is 0.517. The molecule has 20 heavy (non-hydrogen) atoms. The van der Waals surface area contributed by atoms with Crippen LogP contribution in [-0.4, -0.2) is 6.04 Å². The standard InChI is InChI=1S/C19H25N/c1-5-16-7-6-8-18(11-16)19-12-17(10-9-15(19)4)13-20-14(2)3/h6-12,14,20H,5,13H2,1-4H3. The first-order valence-electron chi connectivity index (χ1n) is 7.52. The molecule has 0 fully saturated rings. The summed E-state index contributed by atoms with van der Waals surface area (Å²) in [5.74, 6) is 0. The molecule has 0 spiro atoms. The second-order valence-corrected chi connectivity index (χ2v) is 5.74. The quantitative estimate of drug-likeness (QED) is 0.826. The molecule has 1 heteroatoms. The maximum absolute atomic E-state index is 3.48. The van der Waals surface area contributed by atoms with Gasteiger partial charge in [0.15, 0.2) is 0 Å². The summed E-state index contributed by atoms with van der Waals surface area (Å²) in [5, 5.41) is 3.48. The Morgan fingerprint density at radius 3 is 2.50 bits per heavy atom. The molecule has 0 radical (unpaired) electrons. The highest BCUT2D eigenvalue weighted by Gasteiger charge is 2.05. The van der Waals surface area contributed by atoms with Crippen molar-refractivity contribution in [1.29, 1.82) is 0 Å². The van der Waals surface area contributed by atoms with Crippen molar-refractivity contribution in [3.8, 4) is 11.1 Å². The molecular formula is C19H25N. The predicted octanol–water partition coefficient (Wildman–Crippen LogP) is 4.72. The summed E-state index contributed by atoms with van der Waals surface area (Å²) < 4.78 is 0. The number of hydrogen-bond donors (Lipinski definition) is 1. The van der Waals surface area contributed by atoms with Crippen LogP contribution in [0.15, 0.2) is 42.5 Å². The third-order valence-corrected chi connectivity index (χ3v) is 3.66. The van der Waals surface area contributed by atoms with Crippen molar-refractivity contribution in [2.24, 2.45) is 0 Å². The Labute approximate surface area is 123 Å². The first-order valence-corrected chi connectivity index (χ1v) is 7.52. The van der Waals surface area contributed by atoms with Gasteiger partial charge in [0, 0.05) is 12.6 Å². The monoisotopic (exact) mass is 267 g/mol. The molecular weight excluding hydrogens is 242 g/mol. The number of rotatable bonds is 5. The van der Waals surface area contributed by atoms with Gasteiger partial charge in [0.1, 0.15) is 0 Å². The Balaban J connectivity index is 2.32. The molecule has 0 amide bonds. The zero-order valence-electron chi connectivity index (χ0n) is 13.0. The normalized spacial score (nSPS) is 11.1. The van der Waals surface area contributed by atoms with E-state index in [1.165, 1.54) is 27.8 Å². The van der Waals surface area contributed by atoms with E-state index in [4.69, 9.17) is 0 Å². The van der Waals surface area contributed by atoms with E-state index in [0.717, 1.165) is 13.0 Å². The zero-order chi connectivity index (χ0) is 14.5. The minimum Gasteiger partial charge on any atom is -0.310 e. The van der Waals surface area contributed by atoms with Crippen LogP contribution in [0.4, 0.5) is 0 Å². The van der Waals surface area contributed by atoms with Gasteiger partial charge in [-0.15, -0.1) is 0 Å². The second-order valence-electron chi connectivity index (χ2n) is 5.74. The Morgan fingerprint density at radius 2 is 1.80 bits per heavy atom. The van der Waals surface area contributed by atoms with Gasteiger partial charge in [0.05, 0.1) is 0 Å². The van der Waals surface area contributed by atoms with Gasteiger partial charge in [-0.3, -0.25) is 0 Å². The largest absolute Gasteiger partial charge is 0.310 e. The van der Waals surface area contributed by atoms with Crippen LogP contribution < -0.4 is 5.32 Å². The van der Waals surface area contributed by atoms with Gasteiger partial charge >= 0.3 is 0 Å². The second kappa shape index (κ2) is 6.71. The maximum Gasteiger partial charge on any atom is 0.0208 e. The number of nitrogens with one attached hydrogen (secondary N) is 1. The van der Waals surface area contributed by atoms with E-state index < -0.39 is 0 Å². The minimum atomic E-state index is 0.517. The SMILES string of the molecule is CCc1cccc(-c2cc(CNC(C)C)ccc2C)c1. The maximum atomic E-state index is 3.48. The van der Waals surface area contributed by atoms with Crippen molar-refractivity contribution in [3.05, 3.63) is 59.2 Å². The topological polar surface area (TPSA) is 12.0 Å². The average molecular weight is 267 g/mol. The van der Waals surface area contributed by atoms with E-state index in [-0.39, 0.29) is 0 Å². The Morgan fingerprint density at radius 1 is 1.00 bits per heavy atom. The van der Waals surface area contributed by atoms with Crippen molar-refractivity contribution >= 4 is 0 Å². The van der Waals surface area contributed by atoms with Crippen LogP contribution in [0.3, 0.4) is 0 Å². The lowest BCUT2D eigenvalue weighted by Crippen LogP contribution is -2.21. The van der Waals surface area contributed by atoms with E-state index in [0.29, 0.717) is 6.04 Å². The summed E-state index contributed by atoms with van der Waals surface area (Å²) in [7, 11) is 0. The lowest BCUT2D eigenvalue weighted by molar-refractivity contribution is 0.589. The Hall–Kier alpha value is -1.60. The molecule has 0 aliphatic heterocycles. The highest BCUT2D eigenvalue weighted by molar-refractivity contribution is 5.68. The van der Waals surface area contributed by atoms with E-state index in [9.17, 15) is 0 Å². The molecule has 2 aromatic rings. The summed E-state index contributed by atoms with van der Waals surface area (Å²) in [6, 6.07) is 16.2. The molecule has 1 N–H and O–H groups in total. The van der Waals surface area contributed by atoms with Crippen molar-refractivity contribution < 1.29 is 0 Å². The van der Waals surface area contributed by atoms with Gasteiger partial charge in [-0.1, -0.05) is 57.2 Å². The molecule has 0 unspecified atom stereocenters. The fourth-order valence-electron chi connectivity index (χ4n) is 2.37. The van der Waals surface area contributed by atoms with Crippen molar-refractivity contribution in [1.82, 2.24) is 5.32 Å². The first-order chi connectivity index (χ1) is 9.60. The molecule has 0 aliphatic carbocycles. The van der Waals surface area contributed by atoms with E-state index >= 15 is 0 Å². The fourth-order valence-corrected chi connectivity index (χ4v) is 2.37. The molecule has 0 aliphatic rings. The van der Waals surface area contributed by atoms with Crippen LogP contribution in [0.2, 0.25) is 0 Å². The van der Waals surface area contributed by atoms with Crippen molar-refractivity contribution in [2.75, 3.05) is 0 Å². The summed E-state index contributed by atoms with van der Waals surface area (Å²) in [6.45, 7) is 9.68. The number of aryl methyl sites for hydroxylation is 2. The molecule has 0 saturated carbocycles. The van der Waals surface area contributed by atoms with E-state index in [1.807, 2.05) is 0 Å². The summed E-state index contributed by atoms with van der Waals surface area (Å²) >= 11 is 0. The van der Waals surface area contributed by atoms with Gasteiger partial charge in [-0.2, -0.15) is 0 Å². The molecule has 0 heterocycles. The highest BCUT2D eigenvalue weighted by Crippen LogP contribution is 2.25. The molecule has 106 valence electrons. The lowest BCUT2D eigenvalue weighted by Gasteiger charge is -2.12. The smallest absolute Gasteiger partial charge is 0.0208 e. The van der Waals surface area contributed by atoms with Crippen LogP contribution in [0.1, 0.15) is 37.5 Å². The molecule has 0 aromatic heterocycles. The average Bonchev–Trinajstić information content (AvgIpc) is 2.46. The summed E-state index contributed by atoms with van der Waals surface area (Å²) in [4.78, 5) is 0. The van der Waals surface area contributed by atoms with E-state index in [2.05, 4.69) is 75.5 Å². The zero-order valence-corrected chi connectivity index (χ0v) is 13.0. The van der Waals surface area contributed by atoms with Crippen molar-refractivity contribution in [2.45, 2.75) is 46.7 Å². The van der Waals surface area contributed by atoms with Crippen LogP contribution in [0, 0.1) is 6.92 Å². The summed E-state index contributed by atoms with van der Waals surface area (Å²) in [6.07, 6.45) is 1.08. The number of hydrogen-bond acceptors (Lipinski definition) is 1. The van der Waals surface area contributed by atoms with Gasteiger partial charge in [-0.25, -0.2) is 0 Å². The first kappa shape index (κ1) is 14.8. The lowest BCUT2D eigenvalue weighted by atomic mass is 9.96. The fraction of sp³-hybridized carbons (Fsp3) is 0.368. The molecule has 1 nitrogen and oxygen atoms in total. The van der Waals surface area contributed by atoms with Gasteiger partial charge < -0.3 is 5.32 Å². The predicted molar refractivity (Wildman–Crippen MR) is 88.0 cm³/mol. The molecule has 0 saturated heterocycles. The molecule has 2 rings (SSSR count). The summed E-state index contributed by atoms with van der Waals surface area (Å²) in [5.41, 5.74) is 6.76. The van der Waals surface area contributed by atoms with Gasteiger partial charge in [0.2, 0.25) is 0 Å². The van der Waals surface area contributed by atoms with Crippen LogP contribution >= 0.6 is 0 Å². The Bertz CT molecular complexity index is 570. The van der Waals surface area contributed by atoms with Gasteiger partial charge in [0.25, 0.3) is 0 Å². The van der Waals surface area contributed by atoms with Crippen LogP contribution in [0.5, 0.6) is 0 Å². The molecule has 0 bridgehead atoms. The third kappa shape index (κ3) is 3.71. The van der Waals surface area contributed by atoms with Gasteiger partial charge in [-0.05, 0) is 47.2 Å². The molecule has 0 atom stereocenters. The highest BCUT2D eigenvalue weighted by atomic mass is 14.9. The van der Waals surface area contributed by atoms with E-state index in [1.54, 1.807) is 0 Å². The van der Waals surface area contributed by atoms with Crippen LogP contribution in [-0.2, 0) is 13.0 Å². The van der Waals surface area contributed by atoms with Crippen molar-refractivity contribution in [3.63, 3.8) is 0 Å². The Kier molecular flexibility index (Phi) is 4.97.